The van der Waals surface area contributed by atoms with Gasteiger partial charge in [-0.15, -0.1) is 11.8 Å². The SMILES string of the molecule is O=C1CCC(N2Cc3cccc(SCCOCCOCCI)c3C2)C(=O)N1. The Bertz CT molecular complexity index is 673. The maximum atomic E-state index is 12.2. The smallest absolute Gasteiger partial charge is 0.243 e. The predicted octanol–water partition coefficient (Wildman–Crippen LogP) is 2.37. The minimum Gasteiger partial charge on any atom is -0.378 e. The first-order valence-electron chi connectivity index (χ1n) is 9.22. The Balaban J connectivity index is 1.47. The number of alkyl halides is 1. The second-order valence-corrected chi connectivity index (χ2v) is 8.74. The molecule has 6 nitrogen and oxygen atoms in total. The number of hydrogen-bond donors (Lipinski definition) is 1. The van der Waals surface area contributed by atoms with Crippen LogP contribution in [0, 0.1) is 0 Å². The van der Waals surface area contributed by atoms with Crippen LogP contribution in [0.25, 0.3) is 0 Å². The Morgan fingerprint density at radius 3 is 2.74 bits per heavy atom. The number of nitrogens with zero attached hydrogens (tertiary/aromatic N) is 1. The third kappa shape index (κ3) is 5.90. The zero-order valence-electron chi connectivity index (χ0n) is 15.2. The highest BCUT2D eigenvalue weighted by molar-refractivity contribution is 14.1. The molecule has 1 N–H and O–H groups in total. The molecule has 148 valence electrons. The minimum atomic E-state index is -0.209. The molecule has 0 radical (unpaired) electrons. The summed E-state index contributed by atoms with van der Waals surface area (Å²) in [4.78, 5) is 27.0. The Hall–Kier alpha value is -0.680. The summed E-state index contributed by atoms with van der Waals surface area (Å²) in [5.41, 5.74) is 2.58. The van der Waals surface area contributed by atoms with Crippen molar-refractivity contribution in [3.63, 3.8) is 0 Å². The molecular weight excluding hydrogens is 479 g/mol. The third-order valence-corrected chi connectivity index (χ3v) is 6.20. The van der Waals surface area contributed by atoms with Crippen LogP contribution in [0.1, 0.15) is 24.0 Å². The van der Waals surface area contributed by atoms with Gasteiger partial charge in [-0.25, -0.2) is 0 Å². The van der Waals surface area contributed by atoms with Crippen molar-refractivity contribution >= 4 is 46.2 Å². The Morgan fingerprint density at radius 1 is 1.15 bits per heavy atom. The largest absolute Gasteiger partial charge is 0.378 e. The summed E-state index contributed by atoms with van der Waals surface area (Å²) < 4.78 is 12.0. The molecule has 1 aromatic rings. The maximum Gasteiger partial charge on any atom is 0.243 e. The highest BCUT2D eigenvalue weighted by Crippen LogP contribution is 2.34. The van der Waals surface area contributed by atoms with Gasteiger partial charge in [0.25, 0.3) is 0 Å². The first kappa shape index (κ1) is 21.0. The second-order valence-electron chi connectivity index (χ2n) is 6.53. The molecule has 3 rings (SSSR count). The number of rotatable bonds is 10. The van der Waals surface area contributed by atoms with Crippen LogP contribution >= 0.6 is 34.4 Å². The number of ether oxygens (including phenoxy) is 2. The van der Waals surface area contributed by atoms with E-state index in [4.69, 9.17) is 9.47 Å². The zero-order valence-corrected chi connectivity index (χ0v) is 18.2. The molecule has 0 saturated carbocycles. The monoisotopic (exact) mass is 504 g/mol. The number of imide groups is 1. The van der Waals surface area contributed by atoms with Gasteiger partial charge in [0, 0.05) is 34.6 Å². The van der Waals surface area contributed by atoms with Crippen LogP contribution in [0.3, 0.4) is 0 Å². The summed E-state index contributed by atoms with van der Waals surface area (Å²) in [5.74, 6) is 0.566. The number of hydrogen-bond acceptors (Lipinski definition) is 6. The van der Waals surface area contributed by atoms with Crippen LogP contribution in [0.2, 0.25) is 0 Å². The number of carbonyl (C=O) groups excluding carboxylic acids is 2. The summed E-state index contributed by atoms with van der Waals surface area (Å²) in [6.45, 7) is 4.27. The van der Waals surface area contributed by atoms with Crippen molar-refractivity contribution in [2.45, 2.75) is 36.9 Å². The normalized spacial score (nSPS) is 20.0. The van der Waals surface area contributed by atoms with Gasteiger partial charge in [0.15, 0.2) is 0 Å². The first-order valence-corrected chi connectivity index (χ1v) is 11.7. The van der Waals surface area contributed by atoms with E-state index >= 15 is 0 Å². The van der Waals surface area contributed by atoms with Gasteiger partial charge in [-0.2, -0.15) is 0 Å². The van der Waals surface area contributed by atoms with Gasteiger partial charge in [0.2, 0.25) is 11.8 Å². The van der Waals surface area contributed by atoms with Crippen molar-refractivity contribution in [3.05, 3.63) is 29.3 Å². The van der Waals surface area contributed by atoms with Crippen LogP contribution in [-0.4, -0.2) is 59.4 Å². The van der Waals surface area contributed by atoms with Crippen LogP contribution in [0.4, 0.5) is 0 Å². The molecule has 8 heteroatoms. The van der Waals surface area contributed by atoms with Crippen molar-refractivity contribution in [1.82, 2.24) is 10.2 Å². The second kappa shape index (κ2) is 10.8. The Labute approximate surface area is 177 Å². The number of amides is 2. The summed E-state index contributed by atoms with van der Waals surface area (Å²) in [5, 5.41) is 2.46. The fourth-order valence-corrected chi connectivity index (χ4v) is 4.67. The van der Waals surface area contributed by atoms with E-state index in [0.29, 0.717) is 32.7 Å². The van der Waals surface area contributed by atoms with Gasteiger partial charge in [-0.1, -0.05) is 34.7 Å². The molecular formula is C19H25IN2O4S. The van der Waals surface area contributed by atoms with E-state index in [2.05, 4.69) is 51.0 Å². The average molecular weight is 504 g/mol. The minimum absolute atomic E-state index is 0.161. The highest BCUT2D eigenvalue weighted by Gasteiger charge is 2.35. The molecule has 1 fully saturated rings. The molecule has 0 spiro atoms. The molecule has 2 aliphatic rings. The molecule has 1 atom stereocenters. The van der Waals surface area contributed by atoms with Crippen LogP contribution in [0.5, 0.6) is 0 Å². The van der Waals surface area contributed by atoms with Gasteiger partial charge >= 0.3 is 0 Å². The highest BCUT2D eigenvalue weighted by atomic mass is 127. The molecule has 1 aromatic carbocycles. The molecule has 2 amide bonds. The van der Waals surface area contributed by atoms with Crippen LogP contribution < -0.4 is 5.32 Å². The Kier molecular flexibility index (Phi) is 8.38. The molecule has 2 aliphatic heterocycles. The zero-order chi connectivity index (χ0) is 19.1. The number of piperidine rings is 1. The molecule has 27 heavy (non-hydrogen) atoms. The topological polar surface area (TPSA) is 67.9 Å². The fourth-order valence-electron chi connectivity index (χ4n) is 3.39. The molecule has 0 bridgehead atoms. The number of carbonyl (C=O) groups is 2. The van der Waals surface area contributed by atoms with Crippen molar-refractivity contribution in [3.8, 4) is 0 Å². The van der Waals surface area contributed by atoms with Gasteiger partial charge < -0.3 is 9.47 Å². The molecule has 0 aromatic heterocycles. The number of nitrogens with one attached hydrogen (secondary N) is 1. The van der Waals surface area contributed by atoms with E-state index in [1.54, 1.807) is 11.8 Å². The van der Waals surface area contributed by atoms with E-state index in [0.717, 1.165) is 29.9 Å². The summed E-state index contributed by atoms with van der Waals surface area (Å²) in [6, 6.07) is 6.14. The summed E-state index contributed by atoms with van der Waals surface area (Å²) in [6.07, 6.45) is 1.03. The van der Waals surface area contributed by atoms with Crippen molar-refractivity contribution in [1.29, 1.82) is 0 Å². The van der Waals surface area contributed by atoms with Crippen LogP contribution in [0.15, 0.2) is 23.1 Å². The van der Waals surface area contributed by atoms with Crippen molar-refractivity contribution < 1.29 is 19.1 Å². The van der Waals surface area contributed by atoms with E-state index in [1.165, 1.54) is 16.0 Å². The number of halogens is 1. The number of thioether (sulfide) groups is 1. The number of fused-ring (bicyclic) bond motifs is 1. The molecule has 1 unspecified atom stereocenters. The van der Waals surface area contributed by atoms with Gasteiger partial charge in [0.05, 0.1) is 32.5 Å². The quantitative estimate of drug-likeness (QED) is 0.174. The fraction of sp³-hybridized carbons (Fsp3) is 0.579. The average Bonchev–Trinajstić information content (AvgIpc) is 3.08. The standard InChI is InChI=1S/C19H25IN2O4S/c20-6-7-25-8-9-26-10-11-27-17-3-1-2-14-12-22(13-15(14)17)16-4-5-18(23)21-19(16)24/h1-3,16H,4-13H2,(H,21,23,24). The predicted molar refractivity (Wildman–Crippen MR) is 113 cm³/mol. The lowest BCUT2D eigenvalue weighted by Crippen LogP contribution is -2.50. The number of benzene rings is 1. The lowest BCUT2D eigenvalue weighted by molar-refractivity contribution is -0.137. The maximum absolute atomic E-state index is 12.2. The van der Waals surface area contributed by atoms with E-state index < -0.39 is 0 Å². The molecule has 0 aliphatic carbocycles. The Morgan fingerprint density at radius 2 is 1.96 bits per heavy atom. The first-order chi connectivity index (χ1) is 13.2. The van der Waals surface area contributed by atoms with Gasteiger partial charge in [0.1, 0.15) is 0 Å². The lowest BCUT2D eigenvalue weighted by atomic mass is 10.0. The summed E-state index contributed by atoms with van der Waals surface area (Å²) in [7, 11) is 0. The molecule has 2 heterocycles. The molecule has 1 saturated heterocycles. The lowest BCUT2D eigenvalue weighted by Gasteiger charge is -2.29. The van der Waals surface area contributed by atoms with E-state index in [1.807, 2.05) is 0 Å². The van der Waals surface area contributed by atoms with Crippen molar-refractivity contribution in [2.75, 3.05) is 36.6 Å². The third-order valence-electron chi connectivity index (χ3n) is 4.69. The van der Waals surface area contributed by atoms with Crippen molar-refractivity contribution in [2.24, 2.45) is 0 Å². The van der Waals surface area contributed by atoms with Crippen LogP contribution in [-0.2, 0) is 32.2 Å². The summed E-state index contributed by atoms with van der Waals surface area (Å²) >= 11 is 4.09. The van der Waals surface area contributed by atoms with Gasteiger partial charge in [-0.05, 0) is 23.6 Å². The van der Waals surface area contributed by atoms with E-state index in [9.17, 15) is 9.59 Å². The van der Waals surface area contributed by atoms with Gasteiger partial charge in [-0.3, -0.25) is 19.8 Å². The van der Waals surface area contributed by atoms with E-state index in [-0.39, 0.29) is 17.9 Å².